The predicted octanol–water partition coefficient (Wildman–Crippen LogP) is 3.01. The van der Waals surface area contributed by atoms with Crippen molar-refractivity contribution in [2.45, 2.75) is 26.4 Å². The first-order chi connectivity index (χ1) is 13.1. The van der Waals surface area contributed by atoms with E-state index in [2.05, 4.69) is 20.7 Å². The second-order valence-corrected chi connectivity index (χ2v) is 6.63. The summed E-state index contributed by atoms with van der Waals surface area (Å²) in [4.78, 5) is 16.5. The zero-order chi connectivity index (χ0) is 18.8. The van der Waals surface area contributed by atoms with Crippen molar-refractivity contribution in [2.75, 3.05) is 11.9 Å². The second-order valence-electron chi connectivity index (χ2n) is 6.63. The van der Waals surface area contributed by atoms with Gasteiger partial charge in [0, 0.05) is 12.1 Å². The molecule has 0 aliphatic carbocycles. The molecule has 3 aromatic rings. The normalized spacial score (nSPS) is 15.1. The molecule has 7 heteroatoms. The molecule has 138 valence electrons. The van der Waals surface area contributed by atoms with Gasteiger partial charge in [-0.15, -0.1) is 0 Å². The van der Waals surface area contributed by atoms with E-state index < -0.39 is 0 Å². The molecule has 4 rings (SSSR count). The number of anilines is 1. The standard InChI is InChI=1S/C20H21N5O2/c1-13-9-14(2)25(24-13)19-8-7-16(11-21-19)23-20(26)22-12-17-10-15-5-3-4-6-18(15)27-17/h3-9,11,17H,10,12H2,1-2H3,(H2,22,23,26)/t17-/m1/s1. The number of hydrogen-bond donors (Lipinski definition) is 2. The number of nitrogens with one attached hydrogen (secondary N) is 2. The monoisotopic (exact) mass is 363 g/mol. The van der Waals surface area contributed by atoms with Gasteiger partial charge in [-0.2, -0.15) is 5.10 Å². The second kappa shape index (κ2) is 7.11. The van der Waals surface area contributed by atoms with Crippen LogP contribution in [0.2, 0.25) is 0 Å². The number of urea groups is 1. The van der Waals surface area contributed by atoms with Crippen LogP contribution in [-0.4, -0.2) is 33.4 Å². The number of hydrogen-bond acceptors (Lipinski definition) is 4. The number of pyridine rings is 1. The van der Waals surface area contributed by atoms with Crippen molar-refractivity contribution in [2.24, 2.45) is 0 Å². The molecule has 2 aromatic heterocycles. The highest BCUT2D eigenvalue weighted by Gasteiger charge is 2.22. The third kappa shape index (κ3) is 3.76. The number of ether oxygens (including phenoxy) is 1. The topological polar surface area (TPSA) is 81.1 Å². The Balaban J connectivity index is 1.30. The van der Waals surface area contributed by atoms with E-state index in [1.807, 2.05) is 50.2 Å². The Hall–Kier alpha value is -3.35. The molecule has 2 amide bonds. The molecule has 0 radical (unpaired) electrons. The van der Waals surface area contributed by atoms with Crippen LogP contribution in [0.25, 0.3) is 5.82 Å². The number of para-hydroxylation sites is 1. The number of nitrogens with zero attached hydrogens (tertiary/aromatic N) is 3. The van der Waals surface area contributed by atoms with Crippen LogP contribution in [0.3, 0.4) is 0 Å². The van der Waals surface area contributed by atoms with Crippen molar-refractivity contribution >= 4 is 11.7 Å². The Kier molecular flexibility index (Phi) is 4.50. The van der Waals surface area contributed by atoms with Gasteiger partial charge in [0.15, 0.2) is 5.82 Å². The molecule has 1 atom stereocenters. The van der Waals surface area contributed by atoms with Crippen molar-refractivity contribution in [3.8, 4) is 11.6 Å². The molecular formula is C20H21N5O2. The maximum atomic E-state index is 12.1. The third-order valence-electron chi connectivity index (χ3n) is 4.44. The SMILES string of the molecule is Cc1cc(C)n(-c2ccc(NC(=O)NC[C@H]3Cc4ccccc4O3)cn2)n1. The Morgan fingerprint density at radius 2 is 2.11 bits per heavy atom. The van der Waals surface area contributed by atoms with Crippen molar-refractivity contribution in [1.29, 1.82) is 0 Å². The third-order valence-corrected chi connectivity index (χ3v) is 4.44. The van der Waals surface area contributed by atoms with Gasteiger partial charge in [-0.05, 0) is 43.7 Å². The van der Waals surface area contributed by atoms with Gasteiger partial charge in [0.1, 0.15) is 11.9 Å². The number of carbonyl (C=O) groups excluding carboxylic acids is 1. The summed E-state index contributed by atoms with van der Waals surface area (Å²) in [6.45, 7) is 4.36. The molecule has 0 spiro atoms. The number of carbonyl (C=O) groups is 1. The van der Waals surface area contributed by atoms with Gasteiger partial charge in [-0.3, -0.25) is 0 Å². The molecular weight excluding hydrogens is 342 g/mol. The summed E-state index contributed by atoms with van der Waals surface area (Å²) < 4.78 is 7.59. The molecule has 0 bridgehead atoms. The lowest BCUT2D eigenvalue weighted by atomic mass is 10.1. The Labute approximate surface area is 157 Å². The van der Waals surface area contributed by atoms with Crippen LogP contribution in [0, 0.1) is 13.8 Å². The average molecular weight is 363 g/mol. The number of benzene rings is 1. The first kappa shape index (κ1) is 17.1. The highest BCUT2D eigenvalue weighted by molar-refractivity contribution is 5.89. The number of aryl methyl sites for hydroxylation is 2. The van der Waals surface area contributed by atoms with Crippen molar-refractivity contribution in [3.63, 3.8) is 0 Å². The number of aromatic nitrogens is 3. The van der Waals surface area contributed by atoms with Gasteiger partial charge in [0.05, 0.1) is 24.1 Å². The fourth-order valence-electron chi connectivity index (χ4n) is 3.20. The largest absolute Gasteiger partial charge is 0.488 e. The number of fused-ring (bicyclic) bond motifs is 1. The molecule has 2 N–H and O–H groups in total. The Morgan fingerprint density at radius 3 is 2.81 bits per heavy atom. The van der Waals surface area contributed by atoms with Gasteiger partial charge in [-0.25, -0.2) is 14.5 Å². The minimum absolute atomic E-state index is 0.0420. The fraction of sp³-hybridized carbons (Fsp3) is 0.250. The van der Waals surface area contributed by atoms with E-state index in [0.29, 0.717) is 18.1 Å². The number of amides is 2. The Bertz CT molecular complexity index is 940. The number of rotatable bonds is 4. The fourth-order valence-corrected chi connectivity index (χ4v) is 3.20. The molecule has 0 saturated heterocycles. The summed E-state index contributed by atoms with van der Waals surface area (Å²) in [5, 5.41) is 10.0. The highest BCUT2D eigenvalue weighted by atomic mass is 16.5. The van der Waals surface area contributed by atoms with Crippen LogP contribution in [0.15, 0.2) is 48.7 Å². The lowest BCUT2D eigenvalue weighted by molar-refractivity contribution is 0.219. The van der Waals surface area contributed by atoms with Crippen molar-refractivity contribution < 1.29 is 9.53 Å². The summed E-state index contributed by atoms with van der Waals surface area (Å²) in [7, 11) is 0. The van der Waals surface area contributed by atoms with Crippen LogP contribution >= 0.6 is 0 Å². The first-order valence-corrected chi connectivity index (χ1v) is 8.87. The zero-order valence-corrected chi connectivity index (χ0v) is 15.3. The molecule has 7 nitrogen and oxygen atoms in total. The van der Waals surface area contributed by atoms with Crippen molar-refractivity contribution in [3.05, 3.63) is 65.6 Å². The quantitative estimate of drug-likeness (QED) is 0.747. The van der Waals surface area contributed by atoms with E-state index in [9.17, 15) is 4.79 Å². The zero-order valence-electron chi connectivity index (χ0n) is 15.3. The van der Waals surface area contributed by atoms with E-state index in [1.54, 1.807) is 16.9 Å². The van der Waals surface area contributed by atoms with Crippen LogP contribution in [-0.2, 0) is 6.42 Å². The molecule has 0 saturated carbocycles. The first-order valence-electron chi connectivity index (χ1n) is 8.87. The van der Waals surface area contributed by atoms with E-state index in [-0.39, 0.29) is 12.1 Å². The van der Waals surface area contributed by atoms with Crippen LogP contribution < -0.4 is 15.4 Å². The van der Waals surface area contributed by atoms with Gasteiger partial charge < -0.3 is 15.4 Å². The molecule has 1 aliphatic heterocycles. The summed E-state index contributed by atoms with van der Waals surface area (Å²) in [6.07, 6.45) is 2.38. The van der Waals surface area contributed by atoms with Gasteiger partial charge in [0.2, 0.25) is 0 Å². The molecule has 27 heavy (non-hydrogen) atoms. The molecule has 0 unspecified atom stereocenters. The predicted molar refractivity (Wildman–Crippen MR) is 102 cm³/mol. The average Bonchev–Trinajstić information content (AvgIpc) is 3.23. The van der Waals surface area contributed by atoms with Gasteiger partial charge in [-0.1, -0.05) is 18.2 Å². The van der Waals surface area contributed by atoms with Crippen LogP contribution in [0.5, 0.6) is 5.75 Å². The summed E-state index contributed by atoms with van der Waals surface area (Å²) >= 11 is 0. The van der Waals surface area contributed by atoms with Gasteiger partial charge >= 0.3 is 6.03 Å². The molecule has 3 heterocycles. The maximum Gasteiger partial charge on any atom is 0.319 e. The van der Waals surface area contributed by atoms with E-state index >= 15 is 0 Å². The minimum Gasteiger partial charge on any atom is -0.488 e. The lowest BCUT2D eigenvalue weighted by Crippen LogP contribution is -2.37. The maximum absolute atomic E-state index is 12.1. The highest BCUT2D eigenvalue weighted by Crippen LogP contribution is 2.27. The molecule has 0 fully saturated rings. The summed E-state index contributed by atoms with van der Waals surface area (Å²) in [5.41, 5.74) is 3.74. The van der Waals surface area contributed by atoms with E-state index in [1.165, 1.54) is 5.56 Å². The van der Waals surface area contributed by atoms with Gasteiger partial charge in [0.25, 0.3) is 0 Å². The minimum atomic E-state index is -0.282. The van der Waals surface area contributed by atoms with Crippen LogP contribution in [0.4, 0.5) is 10.5 Å². The Morgan fingerprint density at radius 1 is 1.26 bits per heavy atom. The lowest BCUT2D eigenvalue weighted by Gasteiger charge is -2.13. The van der Waals surface area contributed by atoms with E-state index in [4.69, 9.17) is 4.74 Å². The summed E-state index contributed by atoms with van der Waals surface area (Å²) in [6, 6.07) is 13.3. The smallest absolute Gasteiger partial charge is 0.319 e. The molecule has 1 aliphatic rings. The van der Waals surface area contributed by atoms with E-state index in [0.717, 1.165) is 23.6 Å². The van der Waals surface area contributed by atoms with Crippen LogP contribution in [0.1, 0.15) is 17.0 Å². The molecule has 1 aromatic carbocycles. The van der Waals surface area contributed by atoms with Crippen molar-refractivity contribution in [1.82, 2.24) is 20.1 Å². The summed E-state index contributed by atoms with van der Waals surface area (Å²) in [5.74, 6) is 1.61.